The number of benzene rings is 5. The summed E-state index contributed by atoms with van der Waals surface area (Å²) in [5.41, 5.74) is 4.73. The molecule has 5 aromatic carbocycles. The second-order valence-corrected chi connectivity index (χ2v) is 9.12. The van der Waals surface area contributed by atoms with Gasteiger partial charge in [0.15, 0.2) is 11.6 Å². The molecule has 0 aromatic heterocycles. The number of hydrogen-bond acceptors (Lipinski definition) is 4. The Labute approximate surface area is 222 Å². The number of ketones is 2. The molecule has 0 saturated heterocycles. The highest BCUT2D eigenvalue weighted by atomic mass is 16.5. The van der Waals surface area contributed by atoms with Gasteiger partial charge in [0, 0.05) is 28.3 Å². The van der Waals surface area contributed by atoms with Crippen LogP contribution < -0.4 is 9.47 Å². The van der Waals surface area contributed by atoms with Crippen molar-refractivity contribution in [3.05, 3.63) is 155 Å². The first-order valence-electron chi connectivity index (χ1n) is 12.3. The molecule has 0 fully saturated rings. The Kier molecular flexibility index (Phi) is 7.14. The van der Waals surface area contributed by atoms with Crippen LogP contribution in [0, 0.1) is 13.8 Å². The third-order valence-corrected chi connectivity index (χ3v) is 6.14. The lowest BCUT2D eigenvalue weighted by molar-refractivity contribution is 0.103. The fourth-order valence-corrected chi connectivity index (χ4v) is 3.97. The van der Waals surface area contributed by atoms with Gasteiger partial charge < -0.3 is 9.47 Å². The fourth-order valence-electron chi connectivity index (χ4n) is 3.97. The number of aryl methyl sites for hydroxylation is 2. The summed E-state index contributed by atoms with van der Waals surface area (Å²) in [6.07, 6.45) is 0. The molecule has 0 unspecified atom stereocenters. The molecule has 5 rings (SSSR count). The van der Waals surface area contributed by atoms with Crippen LogP contribution in [0.3, 0.4) is 0 Å². The summed E-state index contributed by atoms with van der Waals surface area (Å²) in [6.45, 7) is 3.98. The van der Waals surface area contributed by atoms with Crippen molar-refractivity contribution in [2.75, 3.05) is 0 Å². The lowest BCUT2D eigenvalue weighted by atomic mass is 10.0. The molecule has 5 aromatic rings. The third-order valence-electron chi connectivity index (χ3n) is 6.14. The van der Waals surface area contributed by atoms with Crippen molar-refractivity contribution >= 4 is 11.6 Å². The second kappa shape index (κ2) is 11.0. The van der Waals surface area contributed by atoms with Gasteiger partial charge in [0.1, 0.15) is 23.0 Å². The van der Waals surface area contributed by atoms with E-state index in [9.17, 15) is 9.59 Å². The van der Waals surface area contributed by atoms with E-state index in [1.54, 1.807) is 54.6 Å². The molecule has 0 spiro atoms. The number of ether oxygens (including phenoxy) is 2. The quantitative estimate of drug-likeness (QED) is 0.202. The van der Waals surface area contributed by atoms with E-state index in [0.29, 0.717) is 45.3 Å². The average molecular weight is 499 g/mol. The molecule has 0 aliphatic carbocycles. The van der Waals surface area contributed by atoms with E-state index in [2.05, 4.69) is 0 Å². The molecule has 0 aliphatic heterocycles. The monoisotopic (exact) mass is 498 g/mol. The lowest BCUT2D eigenvalue weighted by Gasteiger charge is -2.10. The molecule has 0 N–H and O–H groups in total. The summed E-state index contributed by atoms with van der Waals surface area (Å²) in [5.74, 6) is 2.37. The van der Waals surface area contributed by atoms with Gasteiger partial charge in [0.05, 0.1) is 0 Å². The Bertz CT molecular complexity index is 1450. The van der Waals surface area contributed by atoms with Crippen LogP contribution in [0.15, 0.2) is 121 Å². The van der Waals surface area contributed by atoms with E-state index < -0.39 is 0 Å². The highest BCUT2D eigenvalue weighted by Gasteiger charge is 2.11. The minimum atomic E-state index is -0.0291. The summed E-state index contributed by atoms with van der Waals surface area (Å²) in [7, 11) is 0. The maximum atomic E-state index is 12.7. The van der Waals surface area contributed by atoms with Crippen LogP contribution in [0.4, 0.5) is 0 Å². The Hall–Kier alpha value is -4.96. The molecule has 0 saturated carbocycles. The molecule has 4 heteroatoms. The summed E-state index contributed by atoms with van der Waals surface area (Å²) >= 11 is 0. The molecular weight excluding hydrogens is 472 g/mol. The van der Waals surface area contributed by atoms with Gasteiger partial charge in [-0.3, -0.25) is 9.59 Å². The van der Waals surface area contributed by atoms with E-state index in [-0.39, 0.29) is 11.6 Å². The van der Waals surface area contributed by atoms with Crippen molar-refractivity contribution in [3.8, 4) is 23.0 Å². The van der Waals surface area contributed by atoms with Crippen molar-refractivity contribution in [1.29, 1.82) is 0 Å². The first-order valence-corrected chi connectivity index (χ1v) is 12.3. The van der Waals surface area contributed by atoms with Gasteiger partial charge in [-0.1, -0.05) is 65.7 Å². The van der Waals surface area contributed by atoms with Crippen molar-refractivity contribution in [2.45, 2.75) is 13.8 Å². The standard InChI is InChI=1S/C34H26O4/c1-23-6-10-25(11-7-23)33(35)27-14-18-29(19-15-27)37-31-4-3-5-32(22-31)38-30-20-16-28(17-21-30)34(36)26-12-8-24(2)9-13-26/h3-22H,1-2H3. The van der Waals surface area contributed by atoms with Crippen LogP contribution >= 0.6 is 0 Å². The number of carbonyl (C=O) groups is 2. The van der Waals surface area contributed by atoms with Gasteiger partial charge in [-0.2, -0.15) is 0 Å². The van der Waals surface area contributed by atoms with E-state index in [1.807, 2.05) is 80.6 Å². The minimum Gasteiger partial charge on any atom is -0.457 e. The number of rotatable bonds is 8. The zero-order valence-corrected chi connectivity index (χ0v) is 21.2. The summed E-state index contributed by atoms with van der Waals surface area (Å²) in [5, 5.41) is 0. The summed E-state index contributed by atoms with van der Waals surface area (Å²) < 4.78 is 12.0. The van der Waals surface area contributed by atoms with Crippen molar-refractivity contribution in [2.24, 2.45) is 0 Å². The van der Waals surface area contributed by atoms with Gasteiger partial charge in [-0.15, -0.1) is 0 Å². The second-order valence-electron chi connectivity index (χ2n) is 9.12. The molecular formula is C34H26O4. The van der Waals surface area contributed by atoms with E-state index in [1.165, 1.54) is 0 Å². The van der Waals surface area contributed by atoms with Crippen LogP contribution in [0.2, 0.25) is 0 Å². The van der Waals surface area contributed by atoms with E-state index >= 15 is 0 Å². The topological polar surface area (TPSA) is 52.6 Å². The number of carbonyl (C=O) groups excluding carboxylic acids is 2. The predicted octanol–water partition coefficient (Wildman–Crippen LogP) is 8.35. The van der Waals surface area contributed by atoms with Gasteiger partial charge in [-0.25, -0.2) is 0 Å². The molecule has 0 amide bonds. The third kappa shape index (κ3) is 5.88. The molecule has 0 aliphatic rings. The first-order chi connectivity index (χ1) is 18.4. The largest absolute Gasteiger partial charge is 0.457 e. The van der Waals surface area contributed by atoms with Crippen LogP contribution in [0.25, 0.3) is 0 Å². The van der Waals surface area contributed by atoms with Crippen LogP contribution in [-0.2, 0) is 0 Å². The van der Waals surface area contributed by atoms with Gasteiger partial charge in [-0.05, 0) is 74.5 Å². The smallest absolute Gasteiger partial charge is 0.193 e. The Morgan fingerprint density at radius 1 is 0.421 bits per heavy atom. The Morgan fingerprint density at radius 3 is 1.08 bits per heavy atom. The van der Waals surface area contributed by atoms with Crippen LogP contribution in [-0.4, -0.2) is 11.6 Å². The molecule has 38 heavy (non-hydrogen) atoms. The van der Waals surface area contributed by atoms with Crippen molar-refractivity contribution in [3.63, 3.8) is 0 Å². The van der Waals surface area contributed by atoms with Crippen molar-refractivity contribution < 1.29 is 19.1 Å². The normalized spacial score (nSPS) is 10.6. The van der Waals surface area contributed by atoms with Gasteiger partial charge in [0.25, 0.3) is 0 Å². The highest BCUT2D eigenvalue weighted by Crippen LogP contribution is 2.29. The molecule has 0 heterocycles. The van der Waals surface area contributed by atoms with Crippen LogP contribution in [0.5, 0.6) is 23.0 Å². The SMILES string of the molecule is Cc1ccc(C(=O)c2ccc(Oc3cccc(Oc4ccc(C(=O)c5ccc(C)cc5)cc4)c3)cc2)cc1. The lowest BCUT2D eigenvalue weighted by Crippen LogP contribution is -2.01. The summed E-state index contributed by atoms with van der Waals surface area (Å²) in [4.78, 5) is 25.4. The fraction of sp³-hybridized carbons (Fsp3) is 0.0588. The zero-order chi connectivity index (χ0) is 26.5. The predicted molar refractivity (Wildman–Crippen MR) is 149 cm³/mol. The molecule has 0 bridgehead atoms. The first kappa shape index (κ1) is 24.7. The maximum absolute atomic E-state index is 12.7. The van der Waals surface area contributed by atoms with E-state index in [0.717, 1.165) is 11.1 Å². The zero-order valence-electron chi connectivity index (χ0n) is 21.2. The Balaban J connectivity index is 1.23. The minimum absolute atomic E-state index is 0.0291. The highest BCUT2D eigenvalue weighted by molar-refractivity contribution is 6.09. The maximum Gasteiger partial charge on any atom is 0.193 e. The molecule has 0 atom stereocenters. The molecule has 186 valence electrons. The summed E-state index contributed by atoms with van der Waals surface area (Å²) in [6, 6.07) is 36.5. The van der Waals surface area contributed by atoms with Crippen molar-refractivity contribution in [1.82, 2.24) is 0 Å². The Morgan fingerprint density at radius 2 is 0.737 bits per heavy atom. The van der Waals surface area contributed by atoms with Gasteiger partial charge in [0.2, 0.25) is 0 Å². The van der Waals surface area contributed by atoms with E-state index in [4.69, 9.17) is 9.47 Å². The van der Waals surface area contributed by atoms with Gasteiger partial charge >= 0.3 is 0 Å². The molecule has 0 radical (unpaired) electrons. The molecule has 4 nitrogen and oxygen atoms in total. The van der Waals surface area contributed by atoms with Crippen LogP contribution in [0.1, 0.15) is 43.0 Å². The average Bonchev–Trinajstić information content (AvgIpc) is 2.94. The number of hydrogen-bond donors (Lipinski definition) is 0.